The molecule has 0 saturated carbocycles. The summed E-state index contributed by atoms with van der Waals surface area (Å²) in [4.78, 5) is 26.7. The molecule has 33 heavy (non-hydrogen) atoms. The molecule has 2 aromatic carbocycles. The second-order valence-corrected chi connectivity index (χ2v) is 8.81. The molecule has 4 rings (SSSR count). The minimum Gasteiger partial charge on any atom is -0.504 e. The number of allylic oxidation sites excluding steroid dienone is 3. The van der Waals surface area contributed by atoms with Crippen LogP contribution in [0.2, 0.25) is 0 Å². The Hall–Kier alpha value is -3.54. The van der Waals surface area contributed by atoms with E-state index in [4.69, 9.17) is 9.47 Å². The van der Waals surface area contributed by atoms with E-state index in [0.717, 1.165) is 11.3 Å². The Morgan fingerprint density at radius 2 is 1.82 bits per heavy atom. The monoisotopic (exact) mass is 447 g/mol. The summed E-state index contributed by atoms with van der Waals surface area (Å²) in [5, 5.41) is 13.5. The van der Waals surface area contributed by atoms with Gasteiger partial charge in [-0.1, -0.05) is 36.4 Å². The van der Waals surface area contributed by atoms with Gasteiger partial charge in [0, 0.05) is 29.3 Å². The molecule has 0 unspecified atom stereocenters. The van der Waals surface area contributed by atoms with Crippen molar-refractivity contribution < 1.29 is 24.2 Å². The number of esters is 1. The summed E-state index contributed by atoms with van der Waals surface area (Å²) in [5.74, 6) is -0.722. The molecule has 0 saturated heterocycles. The zero-order chi connectivity index (χ0) is 23.7. The molecule has 2 atom stereocenters. The maximum Gasteiger partial charge on any atom is 0.337 e. The molecule has 1 heterocycles. The highest BCUT2D eigenvalue weighted by Crippen LogP contribution is 2.46. The van der Waals surface area contributed by atoms with Gasteiger partial charge in [-0.15, -0.1) is 0 Å². The predicted molar refractivity (Wildman–Crippen MR) is 125 cm³/mol. The average molecular weight is 448 g/mol. The second kappa shape index (κ2) is 9.14. The van der Waals surface area contributed by atoms with Gasteiger partial charge in [0.15, 0.2) is 17.3 Å². The fourth-order valence-electron chi connectivity index (χ4n) is 4.76. The van der Waals surface area contributed by atoms with Gasteiger partial charge in [0.1, 0.15) is 0 Å². The van der Waals surface area contributed by atoms with Crippen LogP contribution in [0.1, 0.15) is 56.6 Å². The normalized spacial score (nSPS) is 20.5. The molecule has 0 radical (unpaired) electrons. The second-order valence-electron chi connectivity index (χ2n) is 8.81. The van der Waals surface area contributed by atoms with E-state index in [1.807, 2.05) is 37.3 Å². The molecule has 6 nitrogen and oxygen atoms in total. The standard InChI is InChI=1S/C27H29NO5/c1-15(2)33-27(31)24-16(3)28-20-12-19(17-8-6-5-7-9-17)13-22(30)26(20)25(24)18-10-11-21(29)23(14-18)32-4/h5-11,14-15,19,25,28-29H,12-13H2,1-4H3/t19-,25+/m1/s1. The Labute approximate surface area is 193 Å². The van der Waals surface area contributed by atoms with Gasteiger partial charge in [0.25, 0.3) is 0 Å². The largest absolute Gasteiger partial charge is 0.504 e. The molecule has 1 aliphatic carbocycles. The first-order chi connectivity index (χ1) is 15.8. The molecule has 2 aromatic rings. The van der Waals surface area contributed by atoms with Crippen molar-refractivity contribution in [3.05, 3.63) is 82.2 Å². The Kier molecular flexibility index (Phi) is 6.27. The minimum atomic E-state index is -0.605. The molecule has 0 fully saturated rings. The highest BCUT2D eigenvalue weighted by Gasteiger charge is 2.41. The number of ether oxygens (including phenoxy) is 2. The van der Waals surface area contributed by atoms with Crippen molar-refractivity contribution in [2.24, 2.45) is 0 Å². The highest BCUT2D eigenvalue weighted by molar-refractivity contribution is 6.04. The van der Waals surface area contributed by atoms with Gasteiger partial charge in [-0.25, -0.2) is 4.79 Å². The van der Waals surface area contributed by atoms with Crippen LogP contribution in [0.5, 0.6) is 11.5 Å². The molecule has 1 aliphatic heterocycles. The van der Waals surface area contributed by atoms with Gasteiger partial charge in [-0.3, -0.25) is 4.79 Å². The topological polar surface area (TPSA) is 84.9 Å². The Balaban J connectivity index is 1.83. The summed E-state index contributed by atoms with van der Waals surface area (Å²) in [6, 6.07) is 14.9. The number of hydrogen-bond donors (Lipinski definition) is 2. The molecule has 2 aliphatic rings. The van der Waals surface area contributed by atoms with Crippen LogP contribution in [-0.4, -0.2) is 30.1 Å². The molecule has 172 valence electrons. The molecular formula is C27H29NO5. The third-order valence-corrected chi connectivity index (χ3v) is 6.20. The van der Waals surface area contributed by atoms with Crippen molar-refractivity contribution in [1.29, 1.82) is 0 Å². The zero-order valence-electron chi connectivity index (χ0n) is 19.3. The van der Waals surface area contributed by atoms with Gasteiger partial charge in [-0.2, -0.15) is 0 Å². The van der Waals surface area contributed by atoms with E-state index in [-0.39, 0.29) is 29.3 Å². The Morgan fingerprint density at radius 3 is 2.48 bits per heavy atom. The van der Waals surface area contributed by atoms with Gasteiger partial charge in [-0.05, 0) is 56.4 Å². The number of Topliss-reactive ketones (excluding diaryl/α,β-unsaturated/α-hetero) is 1. The lowest BCUT2D eigenvalue weighted by Gasteiger charge is -2.37. The number of carbonyl (C=O) groups is 2. The summed E-state index contributed by atoms with van der Waals surface area (Å²) < 4.78 is 10.8. The minimum absolute atomic E-state index is 0.00279. The van der Waals surface area contributed by atoms with Crippen LogP contribution in [0.15, 0.2) is 71.1 Å². The van der Waals surface area contributed by atoms with Crippen molar-refractivity contribution in [2.75, 3.05) is 7.11 Å². The molecular weight excluding hydrogens is 418 g/mol. The quantitative estimate of drug-likeness (QED) is 0.646. The number of hydrogen-bond acceptors (Lipinski definition) is 6. The maximum absolute atomic E-state index is 13.6. The molecule has 0 bridgehead atoms. The molecule has 2 N–H and O–H groups in total. The van der Waals surface area contributed by atoms with Crippen molar-refractivity contribution in [1.82, 2.24) is 5.32 Å². The third-order valence-electron chi connectivity index (χ3n) is 6.20. The van der Waals surface area contributed by atoms with Crippen LogP contribution in [0.4, 0.5) is 0 Å². The van der Waals surface area contributed by atoms with Crippen LogP contribution >= 0.6 is 0 Å². The Bertz CT molecular complexity index is 1150. The highest BCUT2D eigenvalue weighted by atomic mass is 16.5. The summed E-state index contributed by atoms with van der Waals surface area (Å²) >= 11 is 0. The fraction of sp³-hybridized carbons (Fsp3) is 0.333. The first-order valence-corrected chi connectivity index (χ1v) is 11.2. The molecule has 0 aromatic heterocycles. The number of phenolic OH excluding ortho intramolecular Hbond substituents is 1. The lowest BCUT2D eigenvalue weighted by Crippen LogP contribution is -2.36. The third kappa shape index (κ3) is 4.38. The predicted octanol–water partition coefficient (Wildman–Crippen LogP) is 4.71. The van der Waals surface area contributed by atoms with Crippen molar-refractivity contribution >= 4 is 11.8 Å². The summed E-state index contributed by atoms with van der Waals surface area (Å²) in [5.41, 5.74) is 4.29. The SMILES string of the molecule is COc1cc([C@H]2C(C(=O)OC(C)C)=C(C)NC3=C2C(=O)C[C@H](c2ccccc2)C3)ccc1O. The smallest absolute Gasteiger partial charge is 0.337 e. The van der Waals surface area contributed by atoms with E-state index in [1.165, 1.54) is 13.2 Å². The van der Waals surface area contributed by atoms with Crippen LogP contribution in [0, 0.1) is 0 Å². The van der Waals surface area contributed by atoms with Gasteiger partial charge in [0.2, 0.25) is 0 Å². The van der Waals surface area contributed by atoms with Gasteiger partial charge in [0.05, 0.1) is 18.8 Å². The first-order valence-electron chi connectivity index (χ1n) is 11.2. The summed E-state index contributed by atoms with van der Waals surface area (Å²) in [7, 11) is 1.47. The molecule has 0 spiro atoms. The van der Waals surface area contributed by atoms with Crippen LogP contribution in [0.3, 0.4) is 0 Å². The fourth-order valence-corrected chi connectivity index (χ4v) is 4.76. The number of ketones is 1. The summed E-state index contributed by atoms with van der Waals surface area (Å²) in [6.45, 7) is 5.43. The lowest BCUT2D eigenvalue weighted by molar-refractivity contribution is -0.143. The number of methoxy groups -OCH3 is 1. The van der Waals surface area contributed by atoms with Crippen molar-refractivity contribution in [2.45, 2.75) is 51.6 Å². The number of dihydropyridines is 1. The van der Waals surface area contributed by atoms with Gasteiger partial charge >= 0.3 is 5.97 Å². The van der Waals surface area contributed by atoms with Gasteiger partial charge < -0.3 is 19.9 Å². The van der Waals surface area contributed by atoms with Crippen LogP contribution in [0.25, 0.3) is 0 Å². The number of rotatable bonds is 5. The van der Waals surface area contributed by atoms with E-state index in [2.05, 4.69) is 5.32 Å². The number of carbonyl (C=O) groups excluding carboxylic acids is 2. The van der Waals surface area contributed by atoms with E-state index in [9.17, 15) is 14.7 Å². The zero-order valence-corrected chi connectivity index (χ0v) is 19.3. The van der Waals surface area contributed by atoms with Crippen molar-refractivity contribution in [3.8, 4) is 11.5 Å². The summed E-state index contributed by atoms with van der Waals surface area (Å²) in [6.07, 6.45) is 0.732. The van der Waals surface area contributed by atoms with E-state index < -0.39 is 11.9 Å². The number of aromatic hydroxyl groups is 1. The average Bonchev–Trinajstić information content (AvgIpc) is 2.78. The number of benzene rings is 2. The van der Waals surface area contributed by atoms with E-state index >= 15 is 0 Å². The maximum atomic E-state index is 13.6. The molecule has 6 heteroatoms. The van der Waals surface area contributed by atoms with Crippen LogP contribution < -0.4 is 10.1 Å². The lowest BCUT2D eigenvalue weighted by atomic mass is 9.71. The molecule has 0 amide bonds. The number of nitrogens with one attached hydrogen (secondary N) is 1. The number of phenols is 1. The van der Waals surface area contributed by atoms with E-state index in [1.54, 1.807) is 26.0 Å². The van der Waals surface area contributed by atoms with Crippen LogP contribution in [-0.2, 0) is 14.3 Å². The first kappa shape index (κ1) is 22.6. The Morgan fingerprint density at radius 1 is 1.09 bits per heavy atom. The van der Waals surface area contributed by atoms with E-state index in [0.29, 0.717) is 35.2 Å². The van der Waals surface area contributed by atoms with Crippen molar-refractivity contribution in [3.63, 3.8) is 0 Å².